The number of carbonyl (C=O) groups is 1. The summed E-state index contributed by atoms with van der Waals surface area (Å²) in [7, 11) is 5.75. The summed E-state index contributed by atoms with van der Waals surface area (Å²) in [5, 5.41) is 12.0. The minimum Gasteiger partial charge on any atom is -0.497 e. The number of unbranched alkanes of at least 4 members (excludes halogenated alkanes) is 2. The molecule has 5 nitrogen and oxygen atoms in total. The lowest BCUT2D eigenvalue weighted by molar-refractivity contribution is -0.146. The number of hydrogen-bond acceptors (Lipinski definition) is 4. The van der Waals surface area contributed by atoms with Crippen molar-refractivity contribution in [2.45, 2.75) is 74.8 Å². The fourth-order valence-corrected chi connectivity index (χ4v) is 6.40. The summed E-state index contributed by atoms with van der Waals surface area (Å²) >= 11 is 0. The van der Waals surface area contributed by atoms with E-state index in [1.165, 1.54) is 5.56 Å². The predicted molar refractivity (Wildman–Crippen MR) is 141 cm³/mol. The second kappa shape index (κ2) is 11.1. The Labute approximate surface area is 211 Å². The monoisotopic (exact) mass is 478 g/mol. The molecule has 2 aliphatic rings. The third kappa shape index (κ3) is 5.57. The van der Waals surface area contributed by atoms with Gasteiger partial charge >= 0.3 is 0 Å². The summed E-state index contributed by atoms with van der Waals surface area (Å²) in [5.74, 6) is 1.05. The average molecular weight is 479 g/mol. The van der Waals surface area contributed by atoms with E-state index in [0.717, 1.165) is 62.8 Å². The number of benzene rings is 2. The van der Waals surface area contributed by atoms with E-state index < -0.39 is 5.60 Å². The van der Waals surface area contributed by atoms with Crippen LogP contribution < -0.4 is 4.74 Å². The number of fused-ring (bicyclic) bond motifs is 1. The Balaban J connectivity index is 1.40. The zero-order valence-corrected chi connectivity index (χ0v) is 21.7. The first kappa shape index (κ1) is 25.7. The fourth-order valence-electron chi connectivity index (χ4n) is 6.40. The topological polar surface area (TPSA) is 53.0 Å². The molecule has 3 atom stereocenters. The Bertz CT molecular complexity index is 981. The van der Waals surface area contributed by atoms with Crippen molar-refractivity contribution in [2.75, 3.05) is 34.3 Å². The molecule has 0 spiro atoms. The van der Waals surface area contributed by atoms with E-state index in [4.69, 9.17) is 4.74 Å². The molecule has 190 valence electrons. The molecule has 1 amide bonds. The van der Waals surface area contributed by atoms with Crippen LogP contribution in [0.4, 0.5) is 0 Å². The van der Waals surface area contributed by atoms with Crippen molar-refractivity contribution >= 4 is 5.91 Å². The smallest absolute Gasteiger partial charge is 0.222 e. The number of piperidine rings is 1. The predicted octanol–water partition coefficient (Wildman–Crippen LogP) is 4.81. The number of methoxy groups -OCH3 is 1. The fraction of sp³-hybridized carbons (Fsp3) is 0.567. The van der Waals surface area contributed by atoms with Gasteiger partial charge < -0.3 is 19.6 Å². The summed E-state index contributed by atoms with van der Waals surface area (Å²) in [4.78, 5) is 17.4. The molecule has 1 heterocycles. The van der Waals surface area contributed by atoms with E-state index in [2.05, 4.69) is 48.3 Å². The third-order valence-corrected chi connectivity index (χ3v) is 8.58. The van der Waals surface area contributed by atoms with Gasteiger partial charge in [-0.15, -0.1) is 0 Å². The molecule has 35 heavy (non-hydrogen) atoms. The Kier molecular flexibility index (Phi) is 8.18. The first-order valence-corrected chi connectivity index (χ1v) is 13.2. The Morgan fingerprint density at radius 1 is 1.11 bits per heavy atom. The van der Waals surface area contributed by atoms with E-state index >= 15 is 0 Å². The van der Waals surface area contributed by atoms with Crippen LogP contribution in [0.25, 0.3) is 0 Å². The van der Waals surface area contributed by atoms with Gasteiger partial charge in [-0.1, -0.05) is 48.9 Å². The molecule has 4 rings (SSSR count). The van der Waals surface area contributed by atoms with E-state index in [9.17, 15) is 9.90 Å². The summed E-state index contributed by atoms with van der Waals surface area (Å²) in [6.07, 6.45) is 8.00. The summed E-state index contributed by atoms with van der Waals surface area (Å²) < 4.78 is 5.52. The molecule has 0 aromatic heterocycles. The highest BCUT2D eigenvalue weighted by Crippen LogP contribution is 2.52. The van der Waals surface area contributed by atoms with Crippen LogP contribution in [-0.2, 0) is 16.6 Å². The van der Waals surface area contributed by atoms with Crippen molar-refractivity contribution in [3.05, 3.63) is 65.7 Å². The molecule has 1 aliphatic heterocycles. The van der Waals surface area contributed by atoms with Crippen LogP contribution in [0.3, 0.4) is 0 Å². The van der Waals surface area contributed by atoms with Gasteiger partial charge in [-0.05, 0) is 81.8 Å². The van der Waals surface area contributed by atoms with Gasteiger partial charge in [-0.3, -0.25) is 4.79 Å². The van der Waals surface area contributed by atoms with Gasteiger partial charge in [-0.2, -0.15) is 0 Å². The highest BCUT2D eigenvalue weighted by molar-refractivity contribution is 5.76. The zero-order valence-electron chi connectivity index (χ0n) is 21.7. The molecule has 2 aromatic rings. The summed E-state index contributed by atoms with van der Waals surface area (Å²) in [6, 6.07) is 18.9. The van der Waals surface area contributed by atoms with E-state index in [1.54, 1.807) is 7.11 Å². The molecule has 2 fully saturated rings. The molecule has 1 N–H and O–H groups in total. The van der Waals surface area contributed by atoms with Crippen LogP contribution in [0.1, 0.15) is 62.5 Å². The van der Waals surface area contributed by atoms with Crippen LogP contribution in [0, 0.1) is 0 Å². The van der Waals surface area contributed by atoms with E-state index in [1.807, 2.05) is 30.1 Å². The molecule has 1 aliphatic carbocycles. The van der Waals surface area contributed by atoms with Crippen molar-refractivity contribution in [1.29, 1.82) is 0 Å². The Morgan fingerprint density at radius 3 is 2.69 bits per heavy atom. The van der Waals surface area contributed by atoms with Crippen LogP contribution in [-0.4, -0.2) is 66.8 Å². The highest BCUT2D eigenvalue weighted by Gasteiger charge is 2.57. The van der Waals surface area contributed by atoms with Crippen molar-refractivity contribution < 1.29 is 14.6 Å². The van der Waals surface area contributed by atoms with Gasteiger partial charge in [0.2, 0.25) is 5.91 Å². The Hall–Kier alpha value is -2.37. The zero-order chi connectivity index (χ0) is 24.9. The lowest BCUT2D eigenvalue weighted by Crippen LogP contribution is -2.66. The van der Waals surface area contributed by atoms with Crippen molar-refractivity contribution in [3.63, 3.8) is 0 Å². The third-order valence-electron chi connectivity index (χ3n) is 8.58. The number of carbonyl (C=O) groups excluding carboxylic acids is 1. The molecule has 3 unspecified atom stereocenters. The minimum absolute atomic E-state index is 0.140. The molecule has 2 aromatic carbocycles. The number of β-amino-alcohol motifs (C(OH)–C–C–N with tert-alkyl or cyclic N) is 1. The number of aryl methyl sites for hydroxylation is 1. The Morgan fingerprint density at radius 2 is 1.91 bits per heavy atom. The number of nitrogens with zero attached hydrogens (tertiary/aromatic N) is 2. The van der Waals surface area contributed by atoms with Gasteiger partial charge in [0.15, 0.2) is 0 Å². The normalized spacial score (nSPS) is 26.7. The summed E-state index contributed by atoms with van der Waals surface area (Å²) in [6.45, 7) is 1.60. The first-order chi connectivity index (χ1) is 16.9. The minimum atomic E-state index is -0.801. The van der Waals surface area contributed by atoms with Crippen LogP contribution >= 0.6 is 0 Å². The number of rotatable bonds is 9. The van der Waals surface area contributed by atoms with Gasteiger partial charge in [0, 0.05) is 31.5 Å². The van der Waals surface area contributed by atoms with Gasteiger partial charge in [-0.25, -0.2) is 0 Å². The maximum Gasteiger partial charge on any atom is 0.222 e. The number of likely N-dealkylation sites (tertiary alicyclic amines) is 1. The van der Waals surface area contributed by atoms with Crippen LogP contribution in [0.5, 0.6) is 5.75 Å². The molecule has 1 saturated heterocycles. The van der Waals surface area contributed by atoms with Crippen molar-refractivity contribution in [1.82, 2.24) is 9.80 Å². The molecule has 1 saturated carbocycles. The number of amides is 1. The number of ether oxygens (including phenoxy) is 1. The molecular formula is C30H42N2O3. The number of aliphatic hydroxyl groups is 1. The molecule has 0 radical (unpaired) electrons. The van der Waals surface area contributed by atoms with Crippen LogP contribution in [0.15, 0.2) is 54.6 Å². The van der Waals surface area contributed by atoms with Gasteiger partial charge in [0.25, 0.3) is 0 Å². The quantitative estimate of drug-likeness (QED) is 0.526. The maximum absolute atomic E-state index is 13.1. The number of likely N-dealkylation sites (N-methyl/N-ethyl adjacent to an activating group) is 1. The average Bonchev–Trinajstić information content (AvgIpc) is 2.88. The number of hydrogen-bond donors (Lipinski definition) is 1. The van der Waals surface area contributed by atoms with Crippen LogP contribution in [0.2, 0.25) is 0 Å². The van der Waals surface area contributed by atoms with E-state index in [-0.39, 0.29) is 17.4 Å². The molecule has 5 heteroatoms. The van der Waals surface area contributed by atoms with E-state index in [0.29, 0.717) is 19.4 Å². The lowest BCUT2D eigenvalue weighted by atomic mass is 9.55. The van der Waals surface area contributed by atoms with Crippen molar-refractivity contribution in [3.8, 4) is 5.75 Å². The first-order valence-electron chi connectivity index (χ1n) is 13.2. The second-order valence-corrected chi connectivity index (χ2v) is 10.8. The maximum atomic E-state index is 13.1. The SMILES string of the molecule is COc1cccc(C23CCN(C)CC2(O)CCC(N(C)C(=O)CCCCCc2ccccc2)C3)c1. The largest absolute Gasteiger partial charge is 0.497 e. The van der Waals surface area contributed by atoms with Gasteiger partial charge in [0.05, 0.1) is 12.7 Å². The molecular weight excluding hydrogens is 436 g/mol. The molecule has 0 bridgehead atoms. The summed E-state index contributed by atoms with van der Waals surface area (Å²) in [5.41, 5.74) is 1.33. The lowest BCUT2D eigenvalue weighted by Gasteiger charge is -2.58. The van der Waals surface area contributed by atoms with Gasteiger partial charge in [0.1, 0.15) is 5.75 Å². The second-order valence-electron chi connectivity index (χ2n) is 10.8. The van der Waals surface area contributed by atoms with Crippen molar-refractivity contribution in [2.24, 2.45) is 0 Å². The highest BCUT2D eigenvalue weighted by atomic mass is 16.5. The standard InChI is InChI=1S/C30H42N2O3/c1-31-20-19-29(25-14-10-15-27(21-25)35-3)22-26(17-18-30(29,34)23-31)32(2)28(33)16-9-5-8-13-24-11-6-4-7-12-24/h4,6-7,10-12,14-15,21,26,34H,5,8-9,13,16-20,22-23H2,1-3H3.